The topological polar surface area (TPSA) is 157 Å². The number of anilines is 2. The first-order chi connectivity index (χ1) is 21.7. The minimum absolute atomic E-state index is 0.0190. The van der Waals surface area contributed by atoms with Crippen molar-refractivity contribution in [3.8, 4) is 5.75 Å². The van der Waals surface area contributed by atoms with E-state index in [9.17, 15) is 27.9 Å². The van der Waals surface area contributed by atoms with Crippen LogP contribution in [-0.2, 0) is 21.2 Å². The molecule has 0 unspecified atom stereocenters. The van der Waals surface area contributed by atoms with Gasteiger partial charge < -0.3 is 30.7 Å². The van der Waals surface area contributed by atoms with Crippen LogP contribution in [0.2, 0.25) is 10.0 Å². The lowest BCUT2D eigenvalue weighted by Gasteiger charge is -2.33. The zero-order chi connectivity index (χ0) is 33.8. The van der Waals surface area contributed by atoms with E-state index in [1.54, 1.807) is 30.0 Å². The summed E-state index contributed by atoms with van der Waals surface area (Å²) in [7, 11) is -1.10. The second-order valence-electron chi connectivity index (χ2n) is 11.0. The maximum atomic E-state index is 13.5. The normalized spacial score (nSPS) is 17.7. The zero-order valence-corrected chi connectivity index (χ0v) is 28.7. The number of nitrogens with one attached hydrogen (secondary N) is 3. The van der Waals surface area contributed by atoms with E-state index in [0.717, 1.165) is 15.6 Å². The summed E-state index contributed by atoms with van der Waals surface area (Å²) < 4.78 is 34.5. The van der Waals surface area contributed by atoms with Crippen LogP contribution in [0, 0.1) is 5.92 Å². The number of halogens is 2. The van der Waals surface area contributed by atoms with Crippen molar-refractivity contribution in [1.82, 2.24) is 14.5 Å². The average molecular weight is 713 g/mol. The monoisotopic (exact) mass is 711 g/mol. The highest BCUT2D eigenvalue weighted by atomic mass is 35.5. The van der Waals surface area contributed by atoms with Crippen molar-refractivity contribution in [2.24, 2.45) is 5.92 Å². The Balaban J connectivity index is 1.61. The molecule has 4 amide bonds. The highest BCUT2D eigenvalue weighted by molar-refractivity contribution is 7.89. The second kappa shape index (κ2) is 15.0. The summed E-state index contributed by atoms with van der Waals surface area (Å²) in [6.45, 7) is 3.42. The minimum Gasteiger partial charge on any atom is -0.488 e. The molecule has 46 heavy (non-hydrogen) atoms. The predicted octanol–water partition coefficient (Wildman–Crippen LogP) is 4.53. The zero-order valence-electron chi connectivity index (χ0n) is 25.5. The van der Waals surface area contributed by atoms with Crippen LogP contribution in [0.25, 0.3) is 0 Å². The van der Waals surface area contributed by atoms with E-state index in [1.807, 2.05) is 6.92 Å². The molecule has 1 aromatic heterocycles. The highest BCUT2D eigenvalue weighted by Crippen LogP contribution is 2.31. The van der Waals surface area contributed by atoms with Gasteiger partial charge >= 0.3 is 6.03 Å². The van der Waals surface area contributed by atoms with Gasteiger partial charge in [0, 0.05) is 58.9 Å². The Labute approximate surface area is 281 Å². The molecule has 0 fully saturated rings. The Hall–Kier alpha value is -3.40. The molecule has 0 radical (unpaired) electrons. The van der Waals surface area contributed by atoms with E-state index in [2.05, 4.69) is 16.0 Å². The van der Waals surface area contributed by atoms with Crippen molar-refractivity contribution >= 4 is 73.8 Å². The fraction of sp³-hybridized carbons (Fsp3) is 0.367. The summed E-state index contributed by atoms with van der Waals surface area (Å²) in [5, 5.41) is 19.9. The van der Waals surface area contributed by atoms with Crippen LogP contribution in [0.1, 0.15) is 29.1 Å². The number of fused-ring (bicyclic) bond motifs is 1. The fourth-order valence-electron chi connectivity index (χ4n) is 4.87. The van der Waals surface area contributed by atoms with Crippen LogP contribution in [0.5, 0.6) is 5.75 Å². The number of thiophene rings is 1. The number of carbonyl (C=O) groups excluding carboxylic acids is 3. The Kier molecular flexibility index (Phi) is 11.6. The largest absolute Gasteiger partial charge is 0.488 e. The molecule has 3 atom stereocenters. The molecule has 12 nitrogen and oxygen atoms in total. The maximum Gasteiger partial charge on any atom is 0.323 e. The van der Waals surface area contributed by atoms with Gasteiger partial charge in [0.15, 0.2) is 0 Å². The van der Waals surface area contributed by atoms with E-state index in [-0.39, 0.29) is 53.6 Å². The number of hydrogen-bond donors (Lipinski definition) is 4. The van der Waals surface area contributed by atoms with E-state index in [1.165, 1.54) is 43.7 Å². The molecule has 0 saturated heterocycles. The minimum atomic E-state index is -3.99. The Bertz CT molecular complexity index is 1700. The molecule has 3 aromatic rings. The number of hydrogen-bond acceptors (Lipinski definition) is 8. The quantitative estimate of drug-likeness (QED) is 0.254. The average Bonchev–Trinajstić information content (AvgIpc) is 3.51. The number of carbonyl (C=O) groups is 3. The van der Waals surface area contributed by atoms with Gasteiger partial charge in [-0.1, -0.05) is 30.1 Å². The summed E-state index contributed by atoms with van der Waals surface area (Å²) in [6.07, 6.45) is -0.810. The van der Waals surface area contributed by atoms with Gasteiger partial charge in [-0.3, -0.25) is 9.59 Å². The van der Waals surface area contributed by atoms with Gasteiger partial charge in [-0.15, -0.1) is 11.3 Å². The first-order valence-electron chi connectivity index (χ1n) is 14.2. The Morgan fingerprint density at radius 3 is 2.46 bits per heavy atom. The third-order valence-electron chi connectivity index (χ3n) is 7.47. The third-order valence-corrected chi connectivity index (χ3v) is 10.8. The van der Waals surface area contributed by atoms with Crippen molar-refractivity contribution < 1.29 is 32.6 Å². The van der Waals surface area contributed by atoms with Crippen LogP contribution in [-0.4, -0.2) is 86.5 Å². The van der Waals surface area contributed by atoms with Gasteiger partial charge in [-0.05, 0) is 49.4 Å². The summed E-state index contributed by atoms with van der Waals surface area (Å²) in [4.78, 5) is 40.1. The number of urea groups is 1. The molecular weight excluding hydrogens is 677 g/mol. The first kappa shape index (κ1) is 35.5. The Morgan fingerprint density at radius 1 is 1.13 bits per heavy atom. The molecule has 1 aliphatic heterocycles. The van der Waals surface area contributed by atoms with Crippen molar-refractivity contribution in [1.29, 1.82) is 0 Å². The molecule has 248 valence electrons. The van der Waals surface area contributed by atoms with Gasteiger partial charge in [0.05, 0.1) is 35.4 Å². The van der Waals surface area contributed by atoms with Gasteiger partial charge in [0.1, 0.15) is 11.9 Å². The smallest absolute Gasteiger partial charge is 0.323 e. The highest BCUT2D eigenvalue weighted by Gasteiger charge is 2.34. The summed E-state index contributed by atoms with van der Waals surface area (Å²) in [5.74, 6) is -0.671. The number of aliphatic hydroxyl groups excluding tert-OH is 1. The number of sulfonamides is 1. The number of nitrogens with zero attached hydrogens (tertiary/aromatic N) is 2. The number of ether oxygens (including phenoxy) is 1. The molecule has 4 N–H and O–H groups in total. The van der Waals surface area contributed by atoms with Crippen LogP contribution < -0.4 is 20.7 Å². The number of amides is 4. The van der Waals surface area contributed by atoms with E-state index in [4.69, 9.17) is 27.9 Å². The molecule has 16 heteroatoms. The second-order valence-corrected chi connectivity index (χ2v) is 14.8. The van der Waals surface area contributed by atoms with Gasteiger partial charge in [-0.25, -0.2) is 13.2 Å². The number of benzene rings is 2. The number of likely N-dealkylation sites (N-methyl/N-ethyl adjacent to an activating group) is 1. The lowest BCUT2D eigenvalue weighted by atomic mass is 10.0. The van der Waals surface area contributed by atoms with Crippen LogP contribution >= 0.6 is 34.5 Å². The van der Waals surface area contributed by atoms with Crippen LogP contribution in [0.3, 0.4) is 0 Å². The van der Waals surface area contributed by atoms with Crippen molar-refractivity contribution in [3.63, 3.8) is 0 Å². The molecule has 0 aliphatic carbocycles. The van der Waals surface area contributed by atoms with Gasteiger partial charge in [0.25, 0.3) is 5.91 Å². The SMILES string of the molecule is CNC(=O)c1cc(S(=O)(=O)N(C)C[C@@H]2Oc3ccc(NC(=O)Nc4cc(Cl)cc(Cl)c4)cc3CC(=O)N([C@@H](C)CO)C[C@@H]2C)cs1. The standard InChI is InChI=1S/C30H35Cl2N5O7S2/c1-17-13-37(18(2)15-38)28(39)8-19-7-22(34-30(41)35-23-10-20(31)9-21(32)11-23)5-6-25(19)44-26(17)14-36(4)46(42,43)24-12-27(45-16-24)29(40)33-3/h5-7,9-12,16-18,26,38H,8,13-15H2,1-4H3,(H,33,40)(H2,34,35,41)/t17-,18-,26-/m0/s1. The number of aliphatic hydroxyl groups is 1. The maximum absolute atomic E-state index is 13.5. The van der Waals surface area contributed by atoms with Crippen LogP contribution in [0.15, 0.2) is 52.7 Å². The van der Waals surface area contributed by atoms with E-state index in [0.29, 0.717) is 32.7 Å². The number of rotatable bonds is 9. The van der Waals surface area contributed by atoms with Gasteiger partial charge in [-0.2, -0.15) is 4.31 Å². The van der Waals surface area contributed by atoms with Crippen molar-refractivity contribution in [2.45, 2.75) is 37.3 Å². The first-order valence-corrected chi connectivity index (χ1v) is 17.3. The molecule has 0 saturated carbocycles. The van der Waals surface area contributed by atoms with E-state index >= 15 is 0 Å². The third kappa shape index (κ3) is 8.49. The lowest BCUT2D eigenvalue weighted by Crippen LogP contribution is -2.48. The lowest BCUT2D eigenvalue weighted by molar-refractivity contribution is -0.134. The summed E-state index contributed by atoms with van der Waals surface area (Å²) >= 11 is 13.1. The van der Waals surface area contributed by atoms with Gasteiger partial charge in [0.2, 0.25) is 15.9 Å². The van der Waals surface area contributed by atoms with Crippen molar-refractivity contribution in [3.05, 3.63) is 68.3 Å². The molecule has 2 aromatic carbocycles. The predicted molar refractivity (Wildman–Crippen MR) is 179 cm³/mol. The molecule has 0 spiro atoms. The van der Waals surface area contributed by atoms with Crippen molar-refractivity contribution in [2.75, 3.05) is 44.4 Å². The Morgan fingerprint density at radius 2 is 1.80 bits per heavy atom. The van der Waals surface area contributed by atoms with E-state index < -0.39 is 28.2 Å². The summed E-state index contributed by atoms with van der Waals surface area (Å²) in [5.41, 5.74) is 1.21. The van der Waals surface area contributed by atoms with Crippen LogP contribution in [0.4, 0.5) is 16.2 Å². The molecule has 2 heterocycles. The fourth-order valence-corrected chi connectivity index (χ4v) is 7.79. The molecule has 1 aliphatic rings. The molecular formula is C30H35Cl2N5O7S2. The molecule has 4 rings (SSSR count). The molecule has 0 bridgehead atoms. The summed E-state index contributed by atoms with van der Waals surface area (Å²) in [6, 6.07) is 9.69.